The lowest BCUT2D eigenvalue weighted by molar-refractivity contribution is -0.128. The molecule has 2 saturated heterocycles. The zero-order chi connectivity index (χ0) is 22.5. The Morgan fingerprint density at radius 1 is 0.759 bits per heavy atom. The van der Waals surface area contributed by atoms with Gasteiger partial charge < -0.3 is 4.90 Å². The minimum atomic E-state index is -2.98. The van der Waals surface area contributed by atoms with Gasteiger partial charge in [0.1, 0.15) is 0 Å². The van der Waals surface area contributed by atoms with Crippen molar-refractivity contribution in [3.63, 3.8) is 0 Å². The summed E-state index contributed by atoms with van der Waals surface area (Å²) in [5.41, 5.74) is 0.695. The van der Waals surface area contributed by atoms with Crippen molar-refractivity contribution in [3.8, 4) is 0 Å². The minimum Gasteiger partial charge on any atom is -0.343 e. The quantitative estimate of drug-likeness (QED) is 0.602. The molecule has 2 heterocycles. The van der Waals surface area contributed by atoms with Crippen LogP contribution >= 0.6 is 0 Å². The molecule has 0 N–H and O–H groups in total. The van der Waals surface area contributed by atoms with Gasteiger partial charge in [-0.05, 0) is 61.2 Å². The third-order valence-electron chi connectivity index (χ3n) is 6.78. The first-order valence-corrected chi connectivity index (χ1v) is 13.2. The van der Waals surface area contributed by atoms with E-state index in [2.05, 4.69) is 41.5 Å². The number of nitrogens with zero attached hydrogens (tertiary/aromatic N) is 2. The number of rotatable bonds is 1. The highest BCUT2D eigenvalue weighted by Crippen LogP contribution is 2.35. The molecule has 2 unspecified atom stereocenters. The maximum atomic E-state index is 11.4. The van der Waals surface area contributed by atoms with E-state index in [0.717, 1.165) is 38.3 Å². The number of likely N-dealkylation sites (tertiary alicyclic amines) is 1. The molecule has 0 aromatic carbocycles. The Morgan fingerprint density at radius 3 is 1.62 bits per heavy atom. The molecule has 2 fully saturated rings. The monoisotopic (exact) mass is 430 g/mol. The van der Waals surface area contributed by atoms with Crippen molar-refractivity contribution in [2.24, 2.45) is 22.7 Å². The van der Waals surface area contributed by atoms with Crippen molar-refractivity contribution in [3.05, 3.63) is 0 Å². The molecule has 2 rings (SSSR count). The Morgan fingerprint density at radius 2 is 1.21 bits per heavy atom. The van der Waals surface area contributed by atoms with E-state index >= 15 is 0 Å². The number of carbonyl (C=O) groups is 1. The lowest BCUT2D eigenvalue weighted by atomic mass is 9.77. The van der Waals surface area contributed by atoms with Gasteiger partial charge in [0.05, 0.1) is 6.26 Å². The summed E-state index contributed by atoms with van der Waals surface area (Å²) in [5.74, 6) is 1.65. The number of hydrogen-bond donors (Lipinski definition) is 0. The Bertz CT molecular complexity index is 617. The van der Waals surface area contributed by atoms with E-state index in [4.69, 9.17) is 0 Å². The summed E-state index contributed by atoms with van der Waals surface area (Å²) < 4.78 is 24.5. The van der Waals surface area contributed by atoms with Gasteiger partial charge in [-0.1, -0.05) is 41.5 Å². The summed E-state index contributed by atoms with van der Waals surface area (Å²) in [4.78, 5) is 13.2. The largest absolute Gasteiger partial charge is 0.343 e. The number of carbonyl (C=O) groups excluding carboxylic acids is 1. The maximum absolute atomic E-state index is 11.4. The highest BCUT2D eigenvalue weighted by molar-refractivity contribution is 7.88. The summed E-state index contributed by atoms with van der Waals surface area (Å²) in [6.07, 6.45) is 8.06. The number of sulfonamides is 1. The fourth-order valence-electron chi connectivity index (χ4n) is 4.54. The molecule has 2 aliphatic heterocycles. The van der Waals surface area contributed by atoms with Crippen LogP contribution in [-0.4, -0.2) is 56.0 Å². The van der Waals surface area contributed by atoms with Gasteiger partial charge in [0.15, 0.2) is 0 Å². The van der Waals surface area contributed by atoms with Crippen LogP contribution in [0.15, 0.2) is 0 Å². The van der Waals surface area contributed by atoms with Crippen LogP contribution in [0.1, 0.15) is 87.0 Å². The zero-order valence-electron chi connectivity index (χ0n) is 20.3. The standard InChI is InChI=1S/C12H23NO.C11H23NO2S/c1-10(14)13-8-5-6-11(7-9-13)12(2,3)4;1-11(2,3)10-6-5-8-12(9-7-10)15(4,13)14/h11H,5-9H2,1-4H3;10H,5-9H2,1-4H3. The van der Waals surface area contributed by atoms with Gasteiger partial charge >= 0.3 is 0 Å². The predicted molar refractivity (Wildman–Crippen MR) is 122 cm³/mol. The van der Waals surface area contributed by atoms with Crippen molar-refractivity contribution in [2.75, 3.05) is 32.4 Å². The average molecular weight is 431 g/mol. The summed E-state index contributed by atoms with van der Waals surface area (Å²) in [7, 11) is -2.98. The molecule has 0 radical (unpaired) electrons. The molecule has 29 heavy (non-hydrogen) atoms. The van der Waals surface area contributed by atoms with Crippen LogP contribution in [-0.2, 0) is 14.8 Å². The molecule has 0 aliphatic carbocycles. The molecule has 0 aromatic heterocycles. The summed E-state index contributed by atoms with van der Waals surface area (Å²) in [5, 5.41) is 0. The molecule has 0 aromatic rings. The van der Waals surface area contributed by atoms with Crippen molar-refractivity contribution >= 4 is 15.9 Å². The van der Waals surface area contributed by atoms with Crippen molar-refractivity contribution in [1.29, 1.82) is 0 Å². The van der Waals surface area contributed by atoms with Gasteiger partial charge in [0.2, 0.25) is 15.9 Å². The van der Waals surface area contributed by atoms with Gasteiger partial charge in [0, 0.05) is 33.1 Å². The van der Waals surface area contributed by atoms with Gasteiger partial charge in [-0.15, -0.1) is 0 Å². The van der Waals surface area contributed by atoms with E-state index in [1.54, 1.807) is 11.2 Å². The maximum Gasteiger partial charge on any atom is 0.219 e. The fraction of sp³-hybridized carbons (Fsp3) is 0.957. The SMILES string of the molecule is CC(=O)N1CCCC(C(C)(C)C)CC1.CC(C)(C)C1CCCN(S(C)(=O)=O)CC1. The van der Waals surface area contributed by atoms with Crippen LogP contribution in [0, 0.1) is 22.7 Å². The molecule has 6 heteroatoms. The number of amides is 1. The molecule has 1 amide bonds. The minimum absolute atomic E-state index is 0.236. The van der Waals surface area contributed by atoms with Gasteiger partial charge in [-0.3, -0.25) is 4.79 Å². The van der Waals surface area contributed by atoms with Crippen molar-refractivity contribution in [2.45, 2.75) is 87.0 Å². The topological polar surface area (TPSA) is 57.7 Å². The normalized spacial score (nSPS) is 25.4. The van der Waals surface area contributed by atoms with E-state index < -0.39 is 10.0 Å². The first kappa shape index (κ1) is 26.4. The first-order valence-electron chi connectivity index (χ1n) is 11.3. The predicted octanol–water partition coefficient (Wildman–Crippen LogP) is 4.78. The third kappa shape index (κ3) is 9.37. The number of hydrogen-bond acceptors (Lipinski definition) is 3. The molecule has 2 atom stereocenters. The summed E-state index contributed by atoms with van der Waals surface area (Å²) in [6, 6.07) is 0. The second-order valence-electron chi connectivity index (χ2n) is 11.2. The van der Waals surface area contributed by atoms with Crippen molar-refractivity contribution < 1.29 is 13.2 Å². The Kier molecular flexibility index (Phi) is 9.66. The molecule has 172 valence electrons. The lowest BCUT2D eigenvalue weighted by Crippen LogP contribution is -2.31. The Hall–Kier alpha value is -0.620. The van der Waals surface area contributed by atoms with Crippen LogP contribution in [0.5, 0.6) is 0 Å². The Balaban J connectivity index is 0.000000291. The molecule has 0 bridgehead atoms. The molecular formula is C23H46N2O3S. The Labute approximate surface area is 180 Å². The summed E-state index contributed by atoms with van der Waals surface area (Å²) in [6.45, 7) is 18.6. The molecule has 0 saturated carbocycles. The van der Waals surface area contributed by atoms with Gasteiger partial charge in [-0.2, -0.15) is 0 Å². The van der Waals surface area contributed by atoms with Gasteiger partial charge in [0.25, 0.3) is 0 Å². The summed E-state index contributed by atoms with van der Waals surface area (Å²) >= 11 is 0. The third-order valence-corrected chi connectivity index (χ3v) is 8.08. The smallest absolute Gasteiger partial charge is 0.219 e. The fourth-order valence-corrected chi connectivity index (χ4v) is 5.44. The van der Waals surface area contributed by atoms with Crippen LogP contribution in [0.2, 0.25) is 0 Å². The van der Waals surface area contributed by atoms with Gasteiger partial charge in [-0.25, -0.2) is 12.7 Å². The zero-order valence-corrected chi connectivity index (χ0v) is 21.1. The highest BCUT2D eigenvalue weighted by atomic mass is 32.2. The molecular weight excluding hydrogens is 384 g/mol. The van der Waals surface area contributed by atoms with Crippen LogP contribution in [0.3, 0.4) is 0 Å². The van der Waals surface area contributed by atoms with E-state index in [1.165, 1.54) is 25.5 Å². The molecule has 0 spiro atoms. The second kappa shape index (κ2) is 10.6. The second-order valence-corrected chi connectivity index (χ2v) is 13.1. The van der Waals surface area contributed by atoms with Crippen LogP contribution in [0.4, 0.5) is 0 Å². The van der Waals surface area contributed by atoms with E-state index in [1.807, 2.05) is 4.90 Å². The lowest BCUT2D eigenvalue weighted by Gasteiger charge is -2.29. The van der Waals surface area contributed by atoms with Crippen molar-refractivity contribution in [1.82, 2.24) is 9.21 Å². The first-order chi connectivity index (χ1) is 13.1. The van der Waals surface area contributed by atoms with E-state index in [0.29, 0.717) is 29.8 Å². The highest BCUT2D eigenvalue weighted by Gasteiger charge is 2.29. The van der Waals surface area contributed by atoms with Crippen LogP contribution < -0.4 is 0 Å². The average Bonchev–Trinajstić information content (AvgIpc) is 2.95. The molecule has 5 nitrogen and oxygen atoms in total. The molecule has 2 aliphatic rings. The van der Waals surface area contributed by atoms with E-state index in [-0.39, 0.29) is 5.91 Å². The van der Waals surface area contributed by atoms with Crippen LogP contribution in [0.25, 0.3) is 0 Å². The van der Waals surface area contributed by atoms with E-state index in [9.17, 15) is 13.2 Å².